The Morgan fingerprint density at radius 3 is 2.62 bits per heavy atom. The van der Waals surface area contributed by atoms with Crippen molar-refractivity contribution < 1.29 is 29.1 Å². The zero-order valence-electron chi connectivity index (χ0n) is 23.1. The van der Waals surface area contributed by atoms with Crippen molar-refractivity contribution in [3.8, 4) is 5.75 Å². The SMILES string of the molecule is CCC[C@@H](NC(=O)N1CC(NOC(C)C)=NCC(Cc2cc(Cl)ccc2OC)C1=O)c1ccc(C(=O)O)c(N)c1. The van der Waals surface area contributed by atoms with Gasteiger partial charge in [-0.05, 0) is 68.1 Å². The van der Waals surface area contributed by atoms with Crippen molar-refractivity contribution in [3.05, 3.63) is 58.1 Å². The van der Waals surface area contributed by atoms with Gasteiger partial charge in [-0.2, -0.15) is 0 Å². The van der Waals surface area contributed by atoms with Crippen LogP contribution in [0.4, 0.5) is 10.5 Å². The normalized spacial score (nSPS) is 16.2. The summed E-state index contributed by atoms with van der Waals surface area (Å²) < 4.78 is 5.45. The number of aromatic carboxylic acids is 1. The summed E-state index contributed by atoms with van der Waals surface area (Å²) in [5.74, 6) is -1.32. The maximum absolute atomic E-state index is 13.8. The number of carboxylic acid groups (broad SMARTS) is 1. The number of anilines is 1. The highest BCUT2D eigenvalue weighted by molar-refractivity contribution is 6.30. The van der Waals surface area contributed by atoms with Crippen molar-refractivity contribution >= 4 is 41.0 Å². The molecule has 0 fully saturated rings. The molecule has 3 amide bonds. The number of aliphatic imine (C=N–C) groups is 1. The van der Waals surface area contributed by atoms with Gasteiger partial charge in [0.05, 0.1) is 43.8 Å². The average Bonchev–Trinajstić information content (AvgIpc) is 3.05. The summed E-state index contributed by atoms with van der Waals surface area (Å²) in [7, 11) is 1.54. The Hall–Kier alpha value is -3.83. The Morgan fingerprint density at radius 1 is 1.25 bits per heavy atom. The fourth-order valence-electron chi connectivity index (χ4n) is 4.37. The number of hydroxylamine groups is 1. The van der Waals surface area contributed by atoms with Crippen LogP contribution < -0.4 is 21.3 Å². The number of methoxy groups -OCH3 is 1. The predicted molar refractivity (Wildman–Crippen MR) is 153 cm³/mol. The number of ether oxygens (including phenoxy) is 1. The van der Waals surface area contributed by atoms with Gasteiger partial charge in [-0.15, -0.1) is 0 Å². The molecule has 1 aliphatic heterocycles. The number of urea groups is 1. The van der Waals surface area contributed by atoms with E-state index in [9.17, 15) is 19.5 Å². The third kappa shape index (κ3) is 7.86. The molecular formula is C28H36ClN5O6. The first-order valence-corrected chi connectivity index (χ1v) is 13.4. The van der Waals surface area contributed by atoms with E-state index in [4.69, 9.17) is 26.9 Å². The van der Waals surface area contributed by atoms with Crippen LogP contribution in [0.3, 0.4) is 0 Å². The number of nitrogen functional groups attached to an aromatic ring is 1. The fourth-order valence-corrected chi connectivity index (χ4v) is 4.57. The van der Waals surface area contributed by atoms with E-state index in [2.05, 4.69) is 15.8 Å². The van der Waals surface area contributed by atoms with Crippen molar-refractivity contribution in [2.45, 2.75) is 52.2 Å². The van der Waals surface area contributed by atoms with Gasteiger partial charge in [-0.25, -0.2) is 9.59 Å². The van der Waals surface area contributed by atoms with Crippen LogP contribution in [0.15, 0.2) is 41.4 Å². The van der Waals surface area contributed by atoms with Gasteiger partial charge in [0.1, 0.15) is 11.6 Å². The van der Waals surface area contributed by atoms with Crippen LogP contribution in [0.1, 0.15) is 61.1 Å². The number of hydrogen-bond acceptors (Lipinski definition) is 8. The number of nitrogens with zero attached hydrogens (tertiary/aromatic N) is 2. The predicted octanol–water partition coefficient (Wildman–Crippen LogP) is 4.21. The molecule has 1 aliphatic rings. The molecule has 0 radical (unpaired) electrons. The fraction of sp³-hybridized carbons (Fsp3) is 0.429. The maximum Gasteiger partial charge on any atom is 0.337 e. The van der Waals surface area contributed by atoms with Gasteiger partial charge >= 0.3 is 12.0 Å². The molecular weight excluding hydrogens is 538 g/mol. The van der Waals surface area contributed by atoms with Crippen molar-refractivity contribution in [3.63, 3.8) is 0 Å². The second-order valence-electron chi connectivity index (χ2n) is 9.78. The van der Waals surface area contributed by atoms with Crippen molar-refractivity contribution in [2.24, 2.45) is 10.9 Å². The zero-order valence-corrected chi connectivity index (χ0v) is 23.8. The number of hydrogen-bond donors (Lipinski definition) is 4. The number of amidine groups is 1. The maximum atomic E-state index is 13.8. The molecule has 11 nitrogen and oxygen atoms in total. The first-order chi connectivity index (χ1) is 19.0. The number of carboxylic acids is 1. The summed E-state index contributed by atoms with van der Waals surface area (Å²) in [4.78, 5) is 49.9. The third-order valence-corrected chi connectivity index (χ3v) is 6.61. The molecule has 0 saturated heterocycles. The lowest BCUT2D eigenvalue weighted by Crippen LogP contribution is -2.50. The first kappa shape index (κ1) is 30.7. The molecule has 2 aromatic carbocycles. The lowest BCUT2D eigenvalue weighted by Gasteiger charge is -2.27. The number of imide groups is 1. The Kier molecular flexibility index (Phi) is 10.7. The highest BCUT2D eigenvalue weighted by Gasteiger charge is 2.34. The molecule has 0 saturated carbocycles. The quantitative estimate of drug-likeness (QED) is 0.243. The Balaban J connectivity index is 1.90. The number of benzene rings is 2. The van der Waals surface area contributed by atoms with Gasteiger partial charge < -0.3 is 20.9 Å². The summed E-state index contributed by atoms with van der Waals surface area (Å²) >= 11 is 6.21. The van der Waals surface area contributed by atoms with E-state index < -0.39 is 29.9 Å². The lowest BCUT2D eigenvalue weighted by atomic mass is 9.97. The van der Waals surface area contributed by atoms with Crippen molar-refractivity contribution in [2.75, 3.05) is 25.9 Å². The molecule has 0 bridgehead atoms. The standard InChI is InChI=1S/C28H36ClN5O6/c1-5-6-23(17-7-9-21(27(36)37)22(30)13-17)32-28(38)34-15-25(33-40-16(2)3)31-14-19(26(34)35)11-18-12-20(29)8-10-24(18)39-4/h7-10,12-13,16,19,23H,5-6,11,14-15,30H2,1-4H3,(H,31,33)(H,32,38)(H,36,37)/t19?,23-/m1/s1. The number of carbonyl (C=O) groups is 3. The molecule has 0 spiro atoms. The van der Waals surface area contributed by atoms with Gasteiger partial charge in [-0.1, -0.05) is 31.0 Å². The number of amides is 3. The lowest BCUT2D eigenvalue weighted by molar-refractivity contribution is -0.131. The van der Waals surface area contributed by atoms with Crippen LogP contribution in [0.2, 0.25) is 5.02 Å². The number of nitrogens with two attached hydrogens (primary N) is 1. The van der Waals surface area contributed by atoms with Crippen LogP contribution >= 0.6 is 11.6 Å². The van der Waals surface area contributed by atoms with Crippen LogP contribution in [0, 0.1) is 5.92 Å². The summed E-state index contributed by atoms with van der Waals surface area (Å²) in [5, 5.41) is 12.7. The van der Waals surface area contributed by atoms with E-state index in [1.807, 2.05) is 20.8 Å². The summed E-state index contributed by atoms with van der Waals surface area (Å²) in [6.07, 6.45) is 1.34. The number of rotatable bonds is 10. The average molecular weight is 574 g/mol. The minimum Gasteiger partial charge on any atom is -0.496 e. The minimum atomic E-state index is -1.14. The summed E-state index contributed by atoms with van der Waals surface area (Å²) in [6.45, 7) is 5.63. The van der Waals surface area contributed by atoms with Crippen LogP contribution in [-0.4, -0.2) is 60.1 Å². The van der Waals surface area contributed by atoms with E-state index in [0.717, 1.165) is 10.5 Å². The molecule has 216 valence electrons. The van der Waals surface area contributed by atoms with Crippen LogP contribution in [0.25, 0.3) is 0 Å². The Labute approximate surface area is 238 Å². The smallest absolute Gasteiger partial charge is 0.337 e. The zero-order chi connectivity index (χ0) is 29.4. The van der Waals surface area contributed by atoms with E-state index in [1.54, 1.807) is 24.3 Å². The van der Waals surface area contributed by atoms with Crippen molar-refractivity contribution in [1.29, 1.82) is 0 Å². The molecule has 1 unspecified atom stereocenters. The van der Waals surface area contributed by atoms with Gasteiger partial charge in [-0.3, -0.25) is 25.0 Å². The summed E-state index contributed by atoms with van der Waals surface area (Å²) in [5.41, 5.74) is 10.2. The monoisotopic (exact) mass is 573 g/mol. The van der Waals surface area contributed by atoms with Gasteiger partial charge in [0.25, 0.3) is 0 Å². The third-order valence-electron chi connectivity index (χ3n) is 6.38. The van der Waals surface area contributed by atoms with E-state index >= 15 is 0 Å². The summed E-state index contributed by atoms with van der Waals surface area (Å²) in [6, 6.07) is 8.59. The number of carbonyl (C=O) groups excluding carboxylic acids is 2. The largest absolute Gasteiger partial charge is 0.496 e. The highest BCUT2D eigenvalue weighted by Crippen LogP contribution is 2.28. The molecule has 0 aromatic heterocycles. The second kappa shape index (κ2) is 14.0. The topological polar surface area (TPSA) is 156 Å². The minimum absolute atomic E-state index is 0.0237. The van der Waals surface area contributed by atoms with E-state index in [0.29, 0.717) is 35.0 Å². The van der Waals surface area contributed by atoms with E-state index in [1.165, 1.54) is 19.2 Å². The highest BCUT2D eigenvalue weighted by atomic mass is 35.5. The van der Waals surface area contributed by atoms with Crippen LogP contribution in [-0.2, 0) is 16.1 Å². The number of halogens is 1. The van der Waals surface area contributed by atoms with Crippen LogP contribution in [0.5, 0.6) is 5.75 Å². The first-order valence-electron chi connectivity index (χ1n) is 13.1. The number of nitrogens with one attached hydrogen (secondary N) is 2. The molecule has 0 aliphatic carbocycles. The van der Waals surface area contributed by atoms with Gasteiger partial charge in [0, 0.05) is 10.7 Å². The molecule has 3 rings (SSSR count). The molecule has 40 heavy (non-hydrogen) atoms. The Bertz CT molecular complexity index is 1270. The molecule has 5 N–H and O–H groups in total. The van der Waals surface area contributed by atoms with E-state index in [-0.39, 0.29) is 36.9 Å². The van der Waals surface area contributed by atoms with Gasteiger partial charge in [0.2, 0.25) is 5.91 Å². The molecule has 2 atom stereocenters. The van der Waals surface area contributed by atoms with Gasteiger partial charge in [0.15, 0.2) is 0 Å². The van der Waals surface area contributed by atoms with Crippen molar-refractivity contribution in [1.82, 2.24) is 15.7 Å². The second-order valence-corrected chi connectivity index (χ2v) is 10.2. The molecule has 2 aromatic rings. The Morgan fingerprint density at radius 2 is 2.00 bits per heavy atom. The molecule has 1 heterocycles. The molecule has 12 heteroatoms.